The van der Waals surface area contributed by atoms with Crippen LogP contribution in [0.25, 0.3) is 0 Å². The third-order valence-corrected chi connectivity index (χ3v) is 3.31. The van der Waals surface area contributed by atoms with Gasteiger partial charge in [0.1, 0.15) is 13.2 Å². The summed E-state index contributed by atoms with van der Waals surface area (Å²) >= 11 is 0. The fourth-order valence-corrected chi connectivity index (χ4v) is 2.34. The largest absolute Gasteiger partial charge is 0.486 e. The van der Waals surface area contributed by atoms with Crippen LogP contribution in [0.4, 0.5) is 5.69 Å². The van der Waals surface area contributed by atoms with Crippen molar-refractivity contribution >= 4 is 5.69 Å². The number of hydrogen-bond acceptors (Lipinski definition) is 4. The van der Waals surface area contributed by atoms with Gasteiger partial charge in [-0.1, -0.05) is 0 Å². The molecular formula is C13H18N2O2. The van der Waals surface area contributed by atoms with Crippen molar-refractivity contribution in [1.82, 2.24) is 5.32 Å². The van der Waals surface area contributed by atoms with E-state index in [1.165, 1.54) is 12.0 Å². The number of hydrogen-bond donors (Lipinski definition) is 2. The minimum atomic E-state index is 0.524. The molecule has 0 spiro atoms. The molecule has 2 heterocycles. The first kappa shape index (κ1) is 10.7. The quantitative estimate of drug-likeness (QED) is 0.814. The molecule has 0 bridgehead atoms. The minimum absolute atomic E-state index is 0.524. The summed E-state index contributed by atoms with van der Waals surface area (Å²) in [6.07, 6.45) is 1.17. The average Bonchev–Trinajstić information content (AvgIpc) is 2.83. The van der Waals surface area contributed by atoms with Crippen molar-refractivity contribution in [2.75, 3.05) is 31.6 Å². The smallest absolute Gasteiger partial charge is 0.163 e. The second-order valence-electron chi connectivity index (χ2n) is 4.64. The monoisotopic (exact) mass is 234 g/mol. The van der Waals surface area contributed by atoms with Crippen LogP contribution < -0.4 is 20.1 Å². The first-order valence-corrected chi connectivity index (χ1v) is 6.20. The summed E-state index contributed by atoms with van der Waals surface area (Å²) in [7, 11) is 0. The summed E-state index contributed by atoms with van der Waals surface area (Å²) < 4.78 is 11.2. The average molecular weight is 234 g/mol. The molecule has 1 unspecified atom stereocenters. The maximum absolute atomic E-state index is 5.60. The van der Waals surface area contributed by atoms with Gasteiger partial charge in [0.2, 0.25) is 0 Å². The first-order valence-electron chi connectivity index (χ1n) is 6.20. The normalized spacial score (nSPS) is 22.5. The molecule has 1 fully saturated rings. The van der Waals surface area contributed by atoms with Crippen LogP contribution in [-0.2, 0) is 0 Å². The van der Waals surface area contributed by atoms with Gasteiger partial charge >= 0.3 is 0 Å². The number of ether oxygens (including phenoxy) is 2. The van der Waals surface area contributed by atoms with E-state index in [0.717, 1.165) is 30.3 Å². The van der Waals surface area contributed by atoms with Crippen molar-refractivity contribution < 1.29 is 9.47 Å². The number of benzene rings is 1. The number of aryl methyl sites for hydroxylation is 1. The number of rotatable bonds is 2. The molecule has 4 heteroatoms. The Labute approximate surface area is 101 Å². The van der Waals surface area contributed by atoms with E-state index in [9.17, 15) is 0 Å². The van der Waals surface area contributed by atoms with Crippen LogP contribution in [0.5, 0.6) is 11.5 Å². The fourth-order valence-electron chi connectivity index (χ4n) is 2.34. The number of nitrogens with one attached hydrogen (secondary N) is 2. The number of anilines is 1. The van der Waals surface area contributed by atoms with E-state index in [2.05, 4.69) is 29.7 Å². The Morgan fingerprint density at radius 3 is 2.71 bits per heavy atom. The van der Waals surface area contributed by atoms with E-state index in [4.69, 9.17) is 9.47 Å². The standard InChI is InChI=1S/C13H18N2O2/c1-9-6-12-13(17-5-4-16-12)7-11(9)15-10-2-3-14-8-10/h6-7,10,14-15H,2-5,8H2,1H3. The topological polar surface area (TPSA) is 42.5 Å². The molecule has 3 rings (SSSR count). The summed E-state index contributed by atoms with van der Waals surface area (Å²) in [6, 6.07) is 4.64. The van der Waals surface area contributed by atoms with E-state index in [0.29, 0.717) is 19.3 Å². The Bertz CT molecular complexity index is 414. The zero-order valence-corrected chi connectivity index (χ0v) is 10.1. The second-order valence-corrected chi connectivity index (χ2v) is 4.64. The maximum atomic E-state index is 5.60. The van der Waals surface area contributed by atoms with Crippen molar-refractivity contribution in [3.63, 3.8) is 0 Å². The van der Waals surface area contributed by atoms with Crippen molar-refractivity contribution in [2.24, 2.45) is 0 Å². The molecule has 0 aromatic heterocycles. The molecule has 1 aromatic carbocycles. The Balaban J connectivity index is 1.83. The van der Waals surface area contributed by atoms with Crippen molar-refractivity contribution in [3.8, 4) is 11.5 Å². The zero-order valence-electron chi connectivity index (χ0n) is 10.1. The lowest BCUT2D eigenvalue weighted by atomic mass is 10.1. The van der Waals surface area contributed by atoms with Crippen LogP contribution in [-0.4, -0.2) is 32.3 Å². The Hall–Kier alpha value is -1.42. The Morgan fingerprint density at radius 1 is 1.24 bits per heavy atom. The van der Waals surface area contributed by atoms with Gasteiger partial charge in [0, 0.05) is 24.3 Å². The van der Waals surface area contributed by atoms with E-state index in [-0.39, 0.29) is 0 Å². The molecule has 92 valence electrons. The zero-order chi connectivity index (χ0) is 11.7. The van der Waals surface area contributed by atoms with E-state index in [1.807, 2.05) is 0 Å². The highest BCUT2D eigenvalue weighted by atomic mass is 16.6. The number of fused-ring (bicyclic) bond motifs is 1. The molecular weight excluding hydrogens is 216 g/mol. The summed E-state index contributed by atoms with van der Waals surface area (Å²) in [5.74, 6) is 1.72. The van der Waals surface area contributed by atoms with Gasteiger partial charge in [-0.15, -0.1) is 0 Å². The van der Waals surface area contributed by atoms with Gasteiger partial charge in [-0.3, -0.25) is 0 Å². The molecule has 0 saturated carbocycles. The van der Waals surface area contributed by atoms with Crippen LogP contribution >= 0.6 is 0 Å². The molecule has 1 atom stereocenters. The third-order valence-electron chi connectivity index (χ3n) is 3.31. The van der Waals surface area contributed by atoms with Gasteiger partial charge in [0.25, 0.3) is 0 Å². The van der Waals surface area contributed by atoms with Gasteiger partial charge in [-0.2, -0.15) is 0 Å². The molecule has 0 radical (unpaired) electrons. The van der Waals surface area contributed by atoms with Gasteiger partial charge in [-0.05, 0) is 31.5 Å². The molecule has 0 aliphatic carbocycles. The fraction of sp³-hybridized carbons (Fsp3) is 0.538. The lowest BCUT2D eigenvalue weighted by molar-refractivity contribution is 0.171. The summed E-state index contributed by atoms with van der Waals surface area (Å²) in [6.45, 7) is 5.52. The molecule has 1 saturated heterocycles. The third kappa shape index (κ3) is 2.17. The van der Waals surface area contributed by atoms with Gasteiger partial charge in [0.05, 0.1) is 0 Å². The van der Waals surface area contributed by atoms with E-state index < -0.39 is 0 Å². The SMILES string of the molecule is Cc1cc2c(cc1NC1CCNC1)OCCO2. The lowest BCUT2D eigenvalue weighted by Gasteiger charge is -2.22. The first-order chi connectivity index (χ1) is 8.33. The molecule has 4 nitrogen and oxygen atoms in total. The molecule has 2 N–H and O–H groups in total. The summed E-state index contributed by atoms with van der Waals surface area (Å²) in [5.41, 5.74) is 2.36. The van der Waals surface area contributed by atoms with Gasteiger partial charge in [0.15, 0.2) is 11.5 Å². The Morgan fingerprint density at radius 2 is 2.00 bits per heavy atom. The molecule has 2 aliphatic heterocycles. The molecule has 2 aliphatic rings. The van der Waals surface area contributed by atoms with Crippen molar-refractivity contribution in [1.29, 1.82) is 0 Å². The van der Waals surface area contributed by atoms with Gasteiger partial charge in [-0.25, -0.2) is 0 Å². The van der Waals surface area contributed by atoms with Crippen LogP contribution in [0.15, 0.2) is 12.1 Å². The summed E-state index contributed by atoms with van der Waals surface area (Å²) in [4.78, 5) is 0. The highest BCUT2D eigenvalue weighted by Crippen LogP contribution is 2.35. The highest BCUT2D eigenvalue weighted by molar-refractivity contribution is 5.61. The Kier molecular flexibility index (Phi) is 2.81. The predicted octanol–water partition coefficient (Wildman–Crippen LogP) is 1.54. The minimum Gasteiger partial charge on any atom is -0.486 e. The lowest BCUT2D eigenvalue weighted by Crippen LogP contribution is -2.23. The van der Waals surface area contributed by atoms with E-state index in [1.54, 1.807) is 0 Å². The van der Waals surface area contributed by atoms with Crippen molar-refractivity contribution in [2.45, 2.75) is 19.4 Å². The maximum Gasteiger partial charge on any atom is 0.163 e. The van der Waals surface area contributed by atoms with Crippen LogP contribution in [0.3, 0.4) is 0 Å². The predicted molar refractivity (Wildman–Crippen MR) is 67.1 cm³/mol. The van der Waals surface area contributed by atoms with Crippen LogP contribution in [0.1, 0.15) is 12.0 Å². The van der Waals surface area contributed by atoms with Crippen molar-refractivity contribution in [3.05, 3.63) is 17.7 Å². The van der Waals surface area contributed by atoms with Crippen LogP contribution in [0, 0.1) is 6.92 Å². The molecule has 17 heavy (non-hydrogen) atoms. The summed E-state index contributed by atoms with van der Waals surface area (Å²) in [5, 5.41) is 6.92. The second kappa shape index (κ2) is 4.45. The van der Waals surface area contributed by atoms with Gasteiger partial charge < -0.3 is 20.1 Å². The molecule has 1 aromatic rings. The van der Waals surface area contributed by atoms with Crippen LogP contribution in [0.2, 0.25) is 0 Å². The van der Waals surface area contributed by atoms with E-state index >= 15 is 0 Å². The highest BCUT2D eigenvalue weighted by Gasteiger charge is 2.18. The molecule has 0 amide bonds.